The van der Waals surface area contributed by atoms with Gasteiger partial charge in [-0.2, -0.15) is 0 Å². The van der Waals surface area contributed by atoms with Crippen molar-refractivity contribution in [1.82, 2.24) is 0 Å². The molecule has 1 aliphatic rings. The number of carbonyl (C=O) groups excluding carboxylic acids is 1. The van der Waals surface area contributed by atoms with Crippen LogP contribution in [0, 0.1) is 6.92 Å². The van der Waals surface area contributed by atoms with Gasteiger partial charge in [-0.3, -0.25) is 0 Å². The lowest BCUT2D eigenvalue weighted by Gasteiger charge is -2.20. The molecule has 3 heteroatoms. The molecule has 0 fully saturated rings. The van der Waals surface area contributed by atoms with Crippen molar-refractivity contribution in [2.24, 2.45) is 0 Å². The molecule has 0 amide bonds. The molecule has 0 spiro atoms. The Morgan fingerprint density at radius 2 is 2.31 bits per heavy atom. The molecule has 88 valence electrons. The van der Waals surface area contributed by atoms with Crippen LogP contribution >= 0.6 is 11.3 Å². The second-order valence-corrected chi connectivity index (χ2v) is 5.62. The number of rotatable bonds is 2. The van der Waals surface area contributed by atoms with Gasteiger partial charge in [0.1, 0.15) is 4.88 Å². The first-order valence-corrected chi connectivity index (χ1v) is 6.76. The Morgan fingerprint density at radius 1 is 1.56 bits per heavy atom. The van der Waals surface area contributed by atoms with E-state index in [1.54, 1.807) is 11.3 Å². The third-order valence-corrected chi connectivity index (χ3v) is 4.39. The number of ether oxygens (including phenoxy) is 1. The zero-order valence-corrected chi connectivity index (χ0v) is 10.9. The fraction of sp³-hybridized carbons (Fsp3) is 0.615. The van der Waals surface area contributed by atoms with Crippen LogP contribution in [0.5, 0.6) is 0 Å². The molecule has 1 aliphatic carbocycles. The Bertz CT molecular complexity index is 406. The second kappa shape index (κ2) is 4.58. The maximum atomic E-state index is 11.8. The number of hydrogen-bond acceptors (Lipinski definition) is 3. The predicted octanol–water partition coefficient (Wildman–Crippen LogP) is 3.67. The fourth-order valence-electron chi connectivity index (χ4n) is 2.59. The van der Waals surface area contributed by atoms with Gasteiger partial charge in [-0.1, -0.05) is 6.92 Å². The molecule has 2 nitrogen and oxygen atoms in total. The molecule has 16 heavy (non-hydrogen) atoms. The van der Waals surface area contributed by atoms with Crippen LogP contribution in [0.4, 0.5) is 0 Å². The molecule has 0 aromatic carbocycles. The van der Waals surface area contributed by atoms with Gasteiger partial charge in [0.25, 0.3) is 0 Å². The van der Waals surface area contributed by atoms with Crippen molar-refractivity contribution >= 4 is 17.3 Å². The molecule has 1 aromatic heterocycles. The molecular formula is C13H18O2S. The van der Waals surface area contributed by atoms with Crippen LogP contribution in [-0.2, 0) is 11.2 Å². The Kier molecular flexibility index (Phi) is 3.33. The summed E-state index contributed by atoms with van der Waals surface area (Å²) in [5, 5.41) is 0. The smallest absolute Gasteiger partial charge is 0.348 e. The van der Waals surface area contributed by atoms with E-state index in [2.05, 4.69) is 13.8 Å². The Labute approximate surface area is 101 Å². The lowest BCUT2D eigenvalue weighted by Crippen LogP contribution is -2.10. The molecule has 0 saturated heterocycles. The Morgan fingerprint density at radius 3 is 3.00 bits per heavy atom. The second-order valence-electron chi connectivity index (χ2n) is 4.39. The number of aryl methyl sites for hydroxylation is 1. The fourth-order valence-corrected chi connectivity index (χ4v) is 3.81. The minimum absolute atomic E-state index is 0.133. The molecule has 0 saturated carbocycles. The first-order valence-electron chi connectivity index (χ1n) is 5.94. The van der Waals surface area contributed by atoms with E-state index in [1.165, 1.54) is 28.8 Å². The van der Waals surface area contributed by atoms with Crippen molar-refractivity contribution < 1.29 is 9.53 Å². The summed E-state index contributed by atoms with van der Waals surface area (Å²) in [6.07, 6.45) is 3.47. The van der Waals surface area contributed by atoms with E-state index in [4.69, 9.17) is 4.74 Å². The van der Waals surface area contributed by atoms with Crippen molar-refractivity contribution in [2.75, 3.05) is 6.61 Å². The van der Waals surface area contributed by atoms with E-state index < -0.39 is 0 Å². The van der Waals surface area contributed by atoms with Crippen molar-refractivity contribution in [2.45, 2.75) is 46.0 Å². The van der Waals surface area contributed by atoms with Crippen molar-refractivity contribution in [3.63, 3.8) is 0 Å². The van der Waals surface area contributed by atoms with Gasteiger partial charge in [0.2, 0.25) is 0 Å². The minimum Gasteiger partial charge on any atom is -0.462 e. The monoisotopic (exact) mass is 238 g/mol. The summed E-state index contributed by atoms with van der Waals surface area (Å²) in [5.74, 6) is 0.467. The first kappa shape index (κ1) is 11.6. The van der Waals surface area contributed by atoms with E-state index in [9.17, 15) is 4.79 Å². The molecule has 1 atom stereocenters. The topological polar surface area (TPSA) is 26.3 Å². The van der Waals surface area contributed by atoms with E-state index >= 15 is 0 Å². The van der Waals surface area contributed by atoms with Crippen LogP contribution in [-0.4, -0.2) is 12.6 Å². The molecule has 2 rings (SSSR count). The highest BCUT2D eigenvalue weighted by molar-refractivity contribution is 7.14. The SMILES string of the molecule is CCOC(=O)c1sc(C)c2c1CCCC2C. The minimum atomic E-state index is -0.133. The van der Waals surface area contributed by atoms with Gasteiger partial charge >= 0.3 is 5.97 Å². The molecule has 1 aromatic rings. The zero-order chi connectivity index (χ0) is 11.7. The summed E-state index contributed by atoms with van der Waals surface area (Å²) in [5.41, 5.74) is 2.68. The molecule has 0 bridgehead atoms. The summed E-state index contributed by atoms with van der Waals surface area (Å²) < 4.78 is 5.11. The van der Waals surface area contributed by atoms with Gasteiger partial charge < -0.3 is 4.74 Å². The highest BCUT2D eigenvalue weighted by atomic mass is 32.1. The lowest BCUT2D eigenvalue weighted by molar-refractivity contribution is 0.0530. The van der Waals surface area contributed by atoms with Gasteiger partial charge in [0, 0.05) is 4.88 Å². The van der Waals surface area contributed by atoms with Crippen molar-refractivity contribution in [3.8, 4) is 0 Å². The summed E-state index contributed by atoms with van der Waals surface area (Å²) in [6, 6.07) is 0. The largest absolute Gasteiger partial charge is 0.462 e. The quantitative estimate of drug-likeness (QED) is 0.735. The van der Waals surface area contributed by atoms with Gasteiger partial charge in [0.05, 0.1) is 6.61 Å². The van der Waals surface area contributed by atoms with Gasteiger partial charge in [-0.05, 0) is 50.2 Å². The van der Waals surface area contributed by atoms with Gasteiger partial charge in [-0.15, -0.1) is 11.3 Å². The van der Waals surface area contributed by atoms with E-state index in [1.807, 2.05) is 6.92 Å². The number of thiophene rings is 1. The molecule has 1 heterocycles. The van der Waals surface area contributed by atoms with E-state index in [-0.39, 0.29) is 5.97 Å². The highest BCUT2D eigenvalue weighted by Gasteiger charge is 2.27. The van der Waals surface area contributed by atoms with Crippen molar-refractivity contribution in [1.29, 1.82) is 0 Å². The molecule has 1 unspecified atom stereocenters. The van der Waals surface area contributed by atoms with E-state index in [0.717, 1.165) is 11.3 Å². The van der Waals surface area contributed by atoms with Crippen LogP contribution < -0.4 is 0 Å². The van der Waals surface area contributed by atoms with E-state index in [0.29, 0.717) is 12.5 Å². The average Bonchev–Trinajstić information content (AvgIpc) is 2.58. The number of carbonyl (C=O) groups is 1. The van der Waals surface area contributed by atoms with Crippen LogP contribution in [0.1, 0.15) is 58.3 Å². The lowest BCUT2D eigenvalue weighted by atomic mass is 9.84. The summed E-state index contributed by atoms with van der Waals surface area (Å²) in [6.45, 7) is 6.69. The Balaban J connectivity index is 2.41. The van der Waals surface area contributed by atoms with Crippen molar-refractivity contribution in [3.05, 3.63) is 20.9 Å². The summed E-state index contributed by atoms with van der Waals surface area (Å²) >= 11 is 1.61. The highest BCUT2D eigenvalue weighted by Crippen LogP contribution is 2.40. The van der Waals surface area contributed by atoms with Crippen LogP contribution in [0.2, 0.25) is 0 Å². The average molecular weight is 238 g/mol. The Hall–Kier alpha value is -0.830. The van der Waals surface area contributed by atoms with Crippen LogP contribution in [0.3, 0.4) is 0 Å². The summed E-state index contributed by atoms with van der Waals surface area (Å²) in [4.78, 5) is 14.0. The standard InChI is InChI=1S/C13H18O2S/c1-4-15-13(14)12-10-7-5-6-8(2)11(10)9(3)16-12/h8H,4-7H2,1-3H3. The number of hydrogen-bond donors (Lipinski definition) is 0. The number of esters is 1. The zero-order valence-electron chi connectivity index (χ0n) is 10.1. The first-order chi connectivity index (χ1) is 7.65. The molecule has 0 N–H and O–H groups in total. The summed E-state index contributed by atoms with van der Waals surface area (Å²) in [7, 11) is 0. The predicted molar refractivity (Wildman–Crippen MR) is 66.4 cm³/mol. The third-order valence-electron chi connectivity index (χ3n) is 3.25. The third kappa shape index (κ3) is 1.88. The van der Waals surface area contributed by atoms with Gasteiger partial charge in [-0.25, -0.2) is 4.79 Å². The molecular weight excluding hydrogens is 220 g/mol. The maximum absolute atomic E-state index is 11.8. The molecule has 0 aliphatic heterocycles. The van der Waals surface area contributed by atoms with Crippen LogP contribution in [0.25, 0.3) is 0 Å². The normalized spacial score (nSPS) is 19.3. The molecule has 0 radical (unpaired) electrons. The number of fused-ring (bicyclic) bond motifs is 1. The maximum Gasteiger partial charge on any atom is 0.348 e. The van der Waals surface area contributed by atoms with Gasteiger partial charge in [0.15, 0.2) is 0 Å². The van der Waals surface area contributed by atoms with Crippen LogP contribution in [0.15, 0.2) is 0 Å².